The minimum absolute atomic E-state index is 0.288. The summed E-state index contributed by atoms with van der Waals surface area (Å²) in [4.78, 5) is 29.1. The number of methoxy groups -OCH3 is 1. The summed E-state index contributed by atoms with van der Waals surface area (Å²) in [6.07, 6.45) is 2.85. The summed E-state index contributed by atoms with van der Waals surface area (Å²) in [6, 6.07) is 14.3. The summed E-state index contributed by atoms with van der Waals surface area (Å²) in [6.45, 7) is 3.93. The Hall–Kier alpha value is -3.67. The number of nitrogens with zero attached hydrogens (tertiary/aromatic N) is 1. The zero-order valence-corrected chi connectivity index (χ0v) is 15.9. The van der Waals surface area contributed by atoms with Gasteiger partial charge in [0.05, 0.1) is 18.2 Å². The lowest BCUT2D eigenvalue weighted by molar-refractivity contribution is 0.102. The van der Waals surface area contributed by atoms with Crippen LogP contribution in [0.5, 0.6) is 5.75 Å². The third-order valence-corrected chi connectivity index (χ3v) is 4.07. The van der Waals surface area contributed by atoms with E-state index in [0.29, 0.717) is 22.7 Å². The molecule has 0 saturated carbocycles. The van der Waals surface area contributed by atoms with Gasteiger partial charge in [0.15, 0.2) is 0 Å². The van der Waals surface area contributed by atoms with Gasteiger partial charge in [0.1, 0.15) is 5.75 Å². The summed E-state index contributed by atoms with van der Waals surface area (Å²) in [5, 5.41) is 5.62. The molecule has 0 aliphatic carbocycles. The molecule has 3 rings (SSSR count). The number of anilines is 2. The number of carbonyl (C=O) groups excluding carboxylic acids is 2. The monoisotopic (exact) mass is 375 g/mol. The van der Waals surface area contributed by atoms with Crippen LogP contribution in [0.25, 0.3) is 0 Å². The molecule has 0 aliphatic heterocycles. The molecule has 28 heavy (non-hydrogen) atoms. The van der Waals surface area contributed by atoms with Crippen molar-refractivity contribution in [1.29, 1.82) is 0 Å². The molecule has 0 atom stereocenters. The molecule has 0 fully saturated rings. The van der Waals surface area contributed by atoms with Gasteiger partial charge in [-0.05, 0) is 55.3 Å². The Morgan fingerprint density at radius 3 is 2.04 bits per heavy atom. The second kappa shape index (κ2) is 8.35. The highest BCUT2D eigenvalue weighted by molar-refractivity contribution is 6.08. The van der Waals surface area contributed by atoms with Crippen molar-refractivity contribution in [1.82, 2.24) is 4.98 Å². The van der Waals surface area contributed by atoms with Gasteiger partial charge in [0.2, 0.25) is 0 Å². The van der Waals surface area contributed by atoms with Crippen LogP contribution in [0.2, 0.25) is 0 Å². The fourth-order valence-corrected chi connectivity index (χ4v) is 2.84. The summed E-state index contributed by atoms with van der Waals surface area (Å²) in [5.41, 5.74) is 4.00. The average molecular weight is 375 g/mol. The Balaban J connectivity index is 1.75. The molecule has 0 aliphatic rings. The van der Waals surface area contributed by atoms with Crippen LogP contribution in [0.4, 0.5) is 11.4 Å². The molecule has 0 radical (unpaired) electrons. The van der Waals surface area contributed by atoms with Crippen molar-refractivity contribution in [2.75, 3.05) is 17.7 Å². The Bertz CT molecular complexity index is 1010. The van der Waals surface area contributed by atoms with Gasteiger partial charge < -0.3 is 15.4 Å². The van der Waals surface area contributed by atoms with E-state index in [1.165, 1.54) is 18.5 Å². The van der Waals surface area contributed by atoms with Crippen molar-refractivity contribution in [3.05, 3.63) is 83.2 Å². The highest BCUT2D eigenvalue weighted by Gasteiger charge is 2.12. The Kier molecular flexibility index (Phi) is 5.69. The number of aryl methyl sites for hydroxylation is 2. The van der Waals surface area contributed by atoms with Crippen LogP contribution >= 0.6 is 0 Å². The lowest BCUT2D eigenvalue weighted by Crippen LogP contribution is -2.16. The predicted molar refractivity (Wildman–Crippen MR) is 109 cm³/mol. The summed E-state index contributed by atoms with van der Waals surface area (Å²) in [7, 11) is 1.56. The molecular formula is C22H21N3O3. The summed E-state index contributed by atoms with van der Waals surface area (Å²) < 4.78 is 5.15. The molecule has 6 nitrogen and oxygen atoms in total. The van der Waals surface area contributed by atoms with Crippen molar-refractivity contribution in [2.24, 2.45) is 0 Å². The number of pyridine rings is 1. The van der Waals surface area contributed by atoms with Crippen molar-refractivity contribution in [3.63, 3.8) is 0 Å². The molecule has 0 unspecified atom stereocenters. The predicted octanol–water partition coefficient (Wildman–Crippen LogP) is 4.21. The van der Waals surface area contributed by atoms with Gasteiger partial charge in [-0.1, -0.05) is 12.1 Å². The Morgan fingerprint density at radius 1 is 0.821 bits per heavy atom. The zero-order valence-electron chi connectivity index (χ0n) is 15.9. The normalized spacial score (nSPS) is 10.2. The third-order valence-electron chi connectivity index (χ3n) is 4.07. The first-order chi connectivity index (χ1) is 13.4. The molecule has 1 heterocycles. The fraction of sp³-hybridized carbons (Fsp3) is 0.136. The highest BCUT2D eigenvalue weighted by Crippen LogP contribution is 2.18. The van der Waals surface area contributed by atoms with Crippen molar-refractivity contribution >= 4 is 23.2 Å². The van der Waals surface area contributed by atoms with Crippen LogP contribution in [-0.4, -0.2) is 23.9 Å². The van der Waals surface area contributed by atoms with E-state index in [0.717, 1.165) is 11.1 Å². The van der Waals surface area contributed by atoms with Gasteiger partial charge in [0, 0.05) is 29.8 Å². The van der Waals surface area contributed by atoms with Crippen LogP contribution in [0.15, 0.2) is 60.9 Å². The van der Waals surface area contributed by atoms with E-state index in [1.807, 2.05) is 32.0 Å². The van der Waals surface area contributed by atoms with Gasteiger partial charge >= 0.3 is 0 Å². The van der Waals surface area contributed by atoms with Gasteiger partial charge in [-0.2, -0.15) is 0 Å². The Morgan fingerprint density at radius 2 is 1.43 bits per heavy atom. The van der Waals surface area contributed by atoms with E-state index in [1.54, 1.807) is 31.4 Å². The van der Waals surface area contributed by atoms with Crippen molar-refractivity contribution < 1.29 is 14.3 Å². The number of benzene rings is 2. The van der Waals surface area contributed by atoms with Crippen LogP contribution in [0.1, 0.15) is 31.8 Å². The smallest absolute Gasteiger partial charge is 0.257 e. The van der Waals surface area contributed by atoms with E-state index in [2.05, 4.69) is 15.6 Å². The largest absolute Gasteiger partial charge is 0.497 e. The van der Waals surface area contributed by atoms with Crippen molar-refractivity contribution in [2.45, 2.75) is 13.8 Å². The molecule has 2 N–H and O–H groups in total. The second-order valence-corrected chi connectivity index (χ2v) is 6.48. The molecule has 2 amide bonds. The van der Waals surface area contributed by atoms with E-state index in [9.17, 15) is 9.59 Å². The first-order valence-electron chi connectivity index (χ1n) is 8.75. The van der Waals surface area contributed by atoms with Crippen LogP contribution in [0, 0.1) is 13.8 Å². The molecule has 0 spiro atoms. The molecule has 2 aromatic carbocycles. The maximum atomic E-state index is 12.6. The third kappa shape index (κ3) is 4.73. The number of rotatable bonds is 5. The minimum Gasteiger partial charge on any atom is -0.497 e. The lowest BCUT2D eigenvalue weighted by Gasteiger charge is -2.09. The SMILES string of the molecule is COc1cccc(NC(=O)c2cncc(C(=O)Nc3cc(C)cc(C)c3)c2)c1. The first-order valence-corrected chi connectivity index (χ1v) is 8.75. The fourth-order valence-electron chi connectivity index (χ4n) is 2.84. The maximum Gasteiger partial charge on any atom is 0.257 e. The minimum atomic E-state index is -0.359. The van der Waals surface area contributed by atoms with Crippen LogP contribution in [-0.2, 0) is 0 Å². The standard InChI is InChI=1S/C22H21N3O3/c1-14-7-15(2)9-19(8-14)25-22(27)17-10-16(12-23-13-17)21(26)24-18-5-4-6-20(11-18)28-3/h4-13H,1-3H3,(H,24,26)(H,25,27). The van der Waals surface area contributed by atoms with Gasteiger partial charge in [0.25, 0.3) is 11.8 Å². The molecule has 6 heteroatoms. The first kappa shape index (κ1) is 19.1. The maximum absolute atomic E-state index is 12.6. The van der Waals surface area contributed by atoms with E-state index in [4.69, 9.17) is 4.74 Å². The van der Waals surface area contributed by atoms with E-state index < -0.39 is 0 Å². The quantitative estimate of drug-likeness (QED) is 0.700. The Labute approximate surface area is 163 Å². The van der Waals surface area contributed by atoms with Crippen LogP contribution in [0.3, 0.4) is 0 Å². The second-order valence-electron chi connectivity index (χ2n) is 6.48. The summed E-state index contributed by atoms with van der Waals surface area (Å²) in [5.74, 6) is -0.0483. The number of hydrogen-bond donors (Lipinski definition) is 2. The molecule has 0 bridgehead atoms. The van der Waals surface area contributed by atoms with Gasteiger partial charge in [-0.3, -0.25) is 14.6 Å². The average Bonchev–Trinajstić information content (AvgIpc) is 2.67. The lowest BCUT2D eigenvalue weighted by atomic mass is 10.1. The molecular weight excluding hydrogens is 354 g/mol. The van der Waals surface area contributed by atoms with Gasteiger partial charge in [-0.25, -0.2) is 0 Å². The zero-order chi connectivity index (χ0) is 20.1. The van der Waals surface area contributed by atoms with Crippen molar-refractivity contribution in [3.8, 4) is 5.75 Å². The molecule has 3 aromatic rings. The van der Waals surface area contributed by atoms with E-state index >= 15 is 0 Å². The number of aromatic nitrogens is 1. The molecule has 0 saturated heterocycles. The molecule has 1 aromatic heterocycles. The van der Waals surface area contributed by atoms with E-state index in [-0.39, 0.29) is 17.4 Å². The highest BCUT2D eigenvalue weighted by atomic mass is 16.5. The number of nitrogens with one attached hydrogen (secondary N) is 2. The number of amides is 2. The topological polar surface area (TPSA) is 80.3 Å². The summed E-state index contributed by atoms with van der Waals surface area (Å²) >= 11 is 0. The number of ether oxygens (including phenoxy) is 1. The number of carbonyl (C=O) groups is 2. The van der Waals surface area contributed by atoms with Gasteiger partial charge in [-0.15, -0.1) is 0 Å². The number of hydrogen-bond acceptors (Lipinski definition) is 4. The van der Waals surface area contributed by atoms with Crippen LogP contribution < -0.4 is 15.4 Å². The molecule has 142 valence electrons.